The first kappa shape index (κ1) is 39.9. The fourth-order valence-corrected chi connectivity index (χ4v) is 7.40. The molecule has 4 bridgehead atoms. The molecule has 3 saturated heterocycles. The first-order valence-corrected chi connectivity index (χ1v) is 18.9. The van der Waals surface area contributed by atoms with E-state index in [2.05, 4.69) is 46.4 Å². The fourth-order valence-electron chi connectivity index (χ4n) is 7.25. The number of piperidine rings is 2. The van der Waals surface area contributed by atoms with Crippen molar-refractivity contribution in [3.63, 3.8) is 0 Å². The van der Waals surface area contributed by atoms with Crippen molar-refractivity contribution in [3.05, 3.63) is 77.5 Å². The van der Waals surface area contributed by atoms with E-state index in [1.54, 1.807) is 12.1 Å². The maximum Gasteiger partial charge on any atom is 0.494 e. The number of anilines is 4. The van der Waals surface area contributed by atoms with Crippen LogP contribution < -0.4 is 25.9 Å². The Morgan fingerprint density at radius 3 is 1.80 bits per heavy atom. The Kier molecular flexibility index (Phi) is 10.8. The molecule has 56 heavy (non-hydrogen) atoms. The molecule has 0 unspecified atom stereocenters. The summed E-state index contributed by atoms with van der Waals surface area (Å²) in [5.74, 6) is 1.71. The van der Waals surface area contributed by atoms with Crippen LogP contribution in [0.3, 0.4) is 0 Å². The zero-order chi connectivity index (χ0) is 40.0. The number of halogens is 7. The smallest absolute Gasteiger partial charge is 0.399 e. The van der Waals surface area contributed by atoms with Crippen molar-refractivity contribution in [2.75, 3.05) is 46.6 Å². The van der Waals surface area contributed by atoms with E-state index in [4.69, 9.17) is 20.9 Å². The number of nitrogens with one attached hydrogen (secondary N) is 2. The standard InChI is InChI=1S/C16H15F3N4.C12H15BF3NO2.C10H12ClN3/c17-16(18,19)14-8-10(5-6-20-14)12-3-4-13-15(22-12)21-11-2-1-7-23(13)9-11;1-10(2)11(3,4)19-13(18-10)8-5-6-17-9(7-8)12(14,15)16;11-9-4-3-8-10(13-9)12-7-2-1-5-14(8)6-7/h3-6,8,11H,1-2,7,9H2,(H,21,22);5-7H,1-4H3;3-4,7H,1-2,5-6H2,(H,12,13)/t11-;;7-/m0.0/s1. The van der Waals surface area contributed by atoms with E-state index < -0.39 is 42.1 Å². The summed E-state index contributed by atoms with van der Waals surface area (Å²) >= 11 is 5.86. The fraction of sp³-hybridized carbons (Fsp3) is 0.474. The number of hydrogen-bond acceptors (Lipinski definition) is 10. The highest BCUT2D eigenvalue weighted by Crippen LogP contribution is 2.38. The summed E-state index contributed by atoms with van der Waals surface area (Å²) in [6, 6.07) is 13.6. The predicted octanol–water partition coefficient (Wildman–Crippen LogP) is 8.09. The molecular formula is C38H42BClF6N8O2. The third kappa shape index (κ3) is 8.64. The molecule has 5 aliphatic rings. The second-order valence-electron chi connectivity index (χ2n) is 15.4. The lowest BCUT2D eigenvalue weighted by atomic mass is 9.79. The summed E-state index contributed by atoms with van der Waals surface area (Å²) in [6.45, 7) is 11.6. The highest BCUT2D eigenvalue weighted by atomic mass is 35.5. The highest BCUT2D eigenvalue weighted by Gasteiger charge is 2.52. The Hall–Kier alpha value is -4.35. The minimum absolute atomic E-state index is 0.320. The summed E-state index contributed by atoms with van der Waals surface area (Å²) in [5.41, 5.74) is 0.468. The Balaban J connectivity index is 0.000000132. The van der Waals surface area contributed by atoms with Crippen LogP contribution in [-0.4, -0.2) is 76.5 Å². The van der Waals surface area contributed by atoms with Gasteiger partial charge in [0.1, 0.15) is 16.5 Å². The molecule has 0 saturated carbocycles. The number of aromatic nitrogens is 4. The van der Waals surface area contributed by atoms with Crippen LogP contribution in [0.5, 0.6) is 0 Å². The lowest BCUT2D eigenvalue weighted by Crippen LogP contribution is -2.46. The van der Waals surface area contributed by atoms with Crippen LogP contribution in [0.15, 0.2) is 60.9 Å². The predicted molar refractivity (Wildman–Crippen MR) is 204 cm³/mol. The summed E-state index contributed by atoms with van der Waals surface area (Å²) in [6.07, 6.45) is -1.91. The quantitative estimate of drug-likeness (QED) is 0.118. The van der Waals surface area contributed by atoms with Gasteiger partial charge in [-0.2, -0.15) is 26.3 Å². The number of nitrogens with zero attached hydrogens (tertiary/aromatic N) is 6. The number of pyridine rings is 4. The summed E-state index contributed by atoms with van der Waals surface area (Å²) < 4.78 is 87.7. The second-order valence-corrected chi connectivity index (χ2v) is 15.8. The van der Waals surface area contributed by atoms with Crippen molar-refractivity contribution in [2.24, 2.45) is 0 Å². The molecule has 0 aromatic carbocycles. The summed E-state index contributed by atoms with van der Waals surface area (Å²) in [5, 5.41) is 7.39. The molecule has 5 aliphatic heterocycles. The Morgan fingerprint density at radius 1 is 0.714 bits per heavy atom. The molecule has 4 aromatic heterocycles. The van der Waals surface area contributed by atoms with Gasteiger partial charge in [0, 0.05) is 56.2 Å². The molecule has 2 N–H and O–H groups in total. The molecule has 0 amide bonds. The van der Waals surface area contributed by atoms with Crippen LogP contribution in [0.2, 0.25) is 5.15 Å². The largest absolute Gasteiger partial charge is 0.494 e. The average Bonchev–Trinajstić information content (AvgIpc) is 3.37. The molecule has 3 fully saturated rings. The zero-order valence-corrected chi connectivity index (χ0v) is 32.1. The summed E-state index contributed by atoms with van der Waals surface area (Å²) in [4.78, 5) is 20.2. The van der Waals surface area contributed by atoms with E-state index in [9.17, 15) is 26.3 Å². The number of alkyl halides is 6. The van der Waals surface area contributed by atoms with Crippen LogP contribution in [0, 0.1) is 0 Å². The molecule has 4 aromatic rings. The second kappa shape index (κ2) is 15.2. The van der Waals surface area contributed by atoms with E-state index >= 15 is 0 Å². The normalized spacial score (nSPS) is 21.6. The van der Waals surface area contributed by atoms with Gasteiger partial charge in [0.25, 0.3) is 0 Å². The number of hydrogen-bond donors (Lipinski definition) is 2. The Morgan fingerprint density at radius 2 is 1.23 bits per heavy atom. The maximum atomic E-state index is 12.8. The van der Waals surface area contributed by atoms with Gasteiger partial charge in [-0.05, 0) is 107 Å². The lowest BCUT2D eigenvalue weighted by Gasteiger charge is -2.40. The van der Waals surface area contributed by atoms with E-state index in [-0.39, 0.29) is 0 Å². The maximum absolute atomic E-state index is 12.8. The molecule has 0 aliphatic carbocycles. The van der Waals surface area contributed by atoms with Crippen molar-refractivity contribution >= 4 is 47.2 Å². The molecule has 0 spiro atoms. The Bertz CT molecular complexity index is 2040. The summed E-state index contributed by atoms with van der Waals surface area (Å²) in [7, 11) is -0.811. The van der Waals surface area contributed by atoms with Crippen molar-refractivity contribution in [2.45, 2.75) is 89.0 Å². The minimum atomic E-state index is -4.47. The monoisotopic (exact) mass is 802 g/mol. The molecule has 0 radical (unpaired) electrons. The number of fused-ring (bicyclic) bond motifs is 8. The van der Waals surface area contributed by atoms with Crippen LogP contribution in [0.4, 0.5) is 49.4 Å². The molecule has 298 valence electrons. The third-order valence-electron chi connectivity index (χ3n) is 10.9. The van der Waals surface area contributed by atoms with Crippen molar-refractivity contribution in [1.29, 1.82) is 0 Å². The van der Waals surface area contributed by atoms with Crippen LogP contribution in [-0.2, 0) is 21.7 Å². The van der Waals surface area contributed by atoms with Gasteiger partial charge in [0.2, 0.25) is 0 Å². The first-order valence-electron chi connectivity index (χ1n) is 18.5. The van der Waals surface area contributed by atoms with Crippen molar-refractivity contribution < 1.29 is 35.7 Å². The average molecular weight is 803 g/mol. The minimum Gasteiger partial charge on any atom is -0.399 e. The van der Waals surface area contributed by atoms with Gasteiger partial charge in [-0.15, -0.1) is 0 Å². The van der Waals surface area contributed by atoms with Gasteiger partial charge >= 0.3 is 19.5 Å². The van der Waals surface area contributed by atoms with Crippen LogP contribution in [0.1, 0.15) is 64.8 Å². The Labute approximate surface area is 326 Å². The molecule has 9 rings (SSSR count). The third-order valence-corrected chi connectivity index (χ3v) is 11.1. The van der Waals surface area contributed by atoms with Crippen LogP contribution >= 0.6 is 11.6 Å². The topological polar surface area (TPSA) is 101 Å². The first-order chi connectivity index (χ1) is 26.4. The number of rotatable bonds is 2. The molecule has 10 nitrogen and oxygen atoms in total. The SMILES string of the molecule is CC1(C)OB(c2ccnc(C(F)(F)F)c2)OC1(C)C.Clc1ccc2c(n1)N[C@H]1CCCN2C1.FC(F)(F)c1cc(-c2ccc3c(n2)N[C@H]2CCCN3C2)ccn1. The van der Waals surface area contributed by atoms with Crippen molar-refractivity contribution in [1.82, 2.24) is 19.9 Å². The van der Waals surface area contributed by atoms with Gasteiger partial charge in [0.05, 0.1) is 28.3 Å². The van der Waals surface area contributed by atoms with Crippen molar-refractivity contribution in [3.8, 4) is 11.3 Å². The molecule has 9 heterocycles. The molecule has 18 heteroatoms. The van der Waals surface area contributed by atoms with E-state index in [0.717, 1.165) is 74.7 Å². The molecular weight excluding hydrogens is 761 g/mol. The van der Waals surface area contributed by atoms with E-state index in [1.807, 2.05) is 39.8 Å². The van der Waals surface area contributed by atoms with Crippen LogP contribution in [0.25, 0.3) is 11.3 Å². The zero-order valence-electron chi connectivity index (χ0n) is 31.3. The molecule has 2 atom stereocenters. The van der Waals surface area contributed by atoms with Gasteiger partial charge < -0.3 is 29.7 Å². The van der Waals surface area contributed by atoms with Gasteiger partial charge in [-0.25, -0.2) is 9.97 Å². The van der Waals surface area contributed by atoms with Gasteiger partial charge in [-0.3, -0.25) is 9.97 Å². The van der Waals surface area contributed by atoms with E-state index in [1.165, 1.54) is 30.8 Å². The van der Waals surface area contributed by atoms with Gasteiger partial charge in [0.15, 0.2) is 11.6 Å². The highest BCUT2D eigenvalue weighted by molar-refractivity contribution is 6.62. The van der Waals surface area contributed by atoms with Gasteiger partial charge in [-0.1, -0.05) is 11.6 Å². The lowest BCUT2D eigenvalue weighted by molar-refractivity contribution is -0.141. The van der Waals surface area contributed by atoms with E-state index in [0.29, 0.717) is 34.0 Å².